The van der Waals surface area contributed by atoms with E-state index < -0.39 is 6.04 Å². The standard InChI is InChI=1S/C12H25NO6/c1-13-11(12(14)16-3)10-19-9-8-18-7-6-17-5-4-15-2/h11,13H,4-10H2,1-3H3. The van der Waals surface area contributed by atoms with Gasteiger partial charge in [-0.3, -0.25) is 4.79 Å². The number of ether oxygens (including phenoxy) is 5. The van der Waals surface area contributed by atoms with Gasteiger partial charge in [-0.2, -0.15) is 0 Å². The van der Waals surface area contributed by atoms with Gasteiger partial charge in [-0.1, -0.05) is 0 Å². The van der Waals surface area contributed by atoms with E-state index in [0.717, 1.165) is 0 Å². The molecule has 0 saturated carbocycles. The number of hydrogen-bond acceptors (Lipinski definition) is 7. The molecule has 0 bridgehead atoms. The lowest BCUT2D eigenvalue weighted by Gasteiger charge is -2.13. The van der Waals surface area contributed by atoms with E-state index in [1.807, 2.05) is 0 Å². The zero-order valence-corrected chi connectivity index (χ0v) is 12.0. The summed E-state index contributed by atoms with van der Waals surface area (Å²) in [5.74, 6) is -0.338. The van der Waals surface area contributed by atoms with Gasteiger partial charge in [-0.05, 0) is 7.05 Å². The van der Waals surface area contributed by atoms with Crippen LogP contribution in [0.15, 0.2) is 0 Å². The van der Waals surface area contributed by atoms with Gasteiger partial charge in [0.1, 0.15) is 6.04 Å². The fraction of sp³-hybridized carbons (Fsp3) is 0.917. The van der Waals surface area contributed by atoms with Crippen LogP contribution in [0, 0.1) is 0 Å². The molecule has 0 fully saturated rings. The Labute approximate surface area is 114 Å². The average molecular weight is 279 g/mol. The second-order valence-electron chi connectivity index (χ2n) is 3.66. The summed E-state index contributed by atoms with van der Waals surface area (Å²) in [6.45, 7) is 3.35. The van der Waals surface area contributed by atoms with Gasteiger partial charge in [0.15, 0.2) is 0 Å². The maximum absolute atomic E-state index is 11.2. The van der Waals surface area contributed by atoms with E-state index in [1.54, 1.807) is 14.2 Å². The number of methoxy groups -OCH3 is 2. The van der Waals surface area contributed by atoms with Gasteiger partial charge in [0, 0.05) is 7.11 Å². The topological polar surface area (TPSA) is 75.3 Å². The smallest absolute Gasteiger partial charge is 0.325 e. The molecule has 7 heteroatoms. The number of rotatable bonds is 13. The molecular formula is C12H25NO6. The Bertz CT molecular complexity index is 214. The molecule has 0 radical (unpaired) electrons. The van der Waals surface area contributed by atoms with Crippen LogP contribution in [0.3, 0.4) is 0 Å². The van der Waals surface area contributed by atoms with E-state index >= 15 is 0 Å². The highest BCUT2D eigenvalue weighted by atomic mass is 16.6. The molecule has 0 rings (SSSR count). The minimum atomic E-state index is -0.442. The highest BCUT2D eigenvalue weighted by molar-refractivity contribution is 5.75. The van der Waals surface area contributed by atoms with Crippen molar-refractivity contribution in [1.82, 2.24) is 5.32 Å². The van der Waals surface area contributed by atoms with Crippen LogP contribution in [0.1, 0.15) is 0 Å². The molecule has 0 aliphatic rings. The van der Waals surface area contributed by atoms with Crippen LogP contribution in [0.4, 0.5) is 0 Å². The second-order valence-corrected chi connectivity index (χ2v) is 3.66. The van der Waals surface area contributed by atoms with Crippen LogP contribution in [-0.4, -0.2) is 79.5 Å². The summed E-state index contributed by atoms with van der Waals surface area (Å²) in [6, 6.07) is -0.442. The fourth-order valence-electron chi connectivity index (χ4n) is 1.19. The molecule has 0 spiro atoms. The largest absolute Gasteiger partial charge is 0.468 e. The maximum atomic E-state index is 11.2. The van der Waals surface area contributed by atoms with Crippen molar-refractivity contribution in [2.75, 3.05) is 67.5 Å². The molecular weight excluding hydrogens is 254 g/mol. The van der Waals surface area contributed by atoms with Crippen molar-refractivity contribution in [3.05, 3.63) is 0 Å². The van der Waals surface area contributed by atoms with Gasteiger partial charge in [0.25, 0.3) is 0 Å². The molecule has 1 unspecified atom stereocenters. The third-order valence-electron chi connectivity index (χ3n) is 2.29. The number of esters is 1. The van der Waals surface area contributed by atoms with Crippen molar-refractivity contribution in [2.45, 2.75) is 6.04 Å². The molecule has 0 saturated heterocycles. The highest BCUT2D eigenvalue weighted by Gasteiger charge is 2.16. The first-order valence-electron chi connectivity index (χ1n) is 6.23. The lowest BCUT2D eigenvalue weighted by molar-refractivity contribution is -0.144. The highest BCUT2D eigenvalue weighted by Crippen LogP contribution is 1.89. The number of carbonyl (C=O) groups excluding carboxylic acids is 1. The third kappa shape index (κ3) is 10.8. The van der Waals surface area contributed by atoms with Crippen LogP contribution in [0.5, 0.6) is 0 Å². The lowest BCUT2D eigenvalue weighted by Crippen LogP contribution is -2.39. The summed E-state index contributed by atoms with van der Waals surface area (Å²) < 4.78 is 25.3. The molecule has 0 amide bonds. The average Bonchev–Trinajstić information content (AvgIpc) is 2.44. The number of nitrogens with one attached hydrogen (secondary N) is 1. The van der Waals surface area contributed by atoms with Gasteiger partial charge in [0.05, 0.1) is 53.4 Å². The summed E-state index contributed by atoms with van der Waals surface area (Å²) in [5, 5.41) is 2.81. The van der Waals surface area contributed by atoms with Gasteiger partial charge in [-0.25, -0.2) is 0 Å². The van der Waals surface area contributed by atoms with Crippen molar-refractivity contribution in [3.8, 4) is 0 Å². The van der Waals surface area contributed by atoms with E-state index in [-0.39, 0.29) is 12.6 Å². The lowest BCUT2D eigenvalue weighted by atomic mass is 10.3. The Morgan fingerprint density at radius 1 is 0.947 bits per heavy atom. The van der Waals surface area contributed by atoms with Crippen LogP contribution in [-0.2, 0) is 28.5 Å². The molecule has 1 N–H and O–H groups in total. The zero-order valence-electron chi connectivity index (χ0n) is 12.0. The van der Waals surface area contributed by atoms with Crippen molar-refractivity contribution in [3.63, 3.8) is 0 Å². The normalized spacial score (nSPS) is 12.4. The SMILES string of the molecule is CNC(COCCOCCOCCOC)C(=O)OC. The maximum Gasteiger partial charge on any atom is 0.325 e. The summed E-state index contributed by atoms with van der Waals surface area (Å²) in [6.07, 6.45) is 0. The van der Waals surface area contributed by atoms with Crippen molar-refractivity contribution >= 4 is 5.97 Å². The van der Waals surface area contributed by atoms with Crippen LogP contribution in [0.25, 0.3) is 0 Å². The number of likely N-dealkylation sites (N-methyl/N-ethyl adjacent to an activating group) is 1. The molecule has 1 atom stereocenters. The van der Waals surface area contributed by atoms with E-state index in [2.05, 4.69) is 10.1 Å². The molecule has 114 valence electrons. The molecule has 0 heterocycles. The number of carbonyl (C=O) groups is 1. The van der Waals surface area contributed by atoms with Crippen LogP contribution >= 0.6 is 0 Å². The van der Waals surface area contributed by atoms with Crippen molar-refractivity contribution in [2.24, 2.45) is 0 Å². The first kappa shape index (κ1) is 18.3. The van der Waals surface area contributed by atoms with Crippen LogP contribution in [0.2, 0.25) is 0 Å². The summed E-state index contributed by atoms with van der Waals surface area (Å²) >= 11 is 0. The third-order valence-corrected chi connectivity index (χ3v) is 2.29. The van der Waals surface area contributed by atoms with Crippen molar-refractivity contribution in [1.29, 1.82) is 0 Å². The predicted molar refractivity (Wildman–Crippen MR) is 69.2 cm³/mol. The molecule has 0 aromatic rings. The molecule has 19 heavy (non-hydrogen) atoms. The van der Waals surface area contributed by atoms with Gasteiger partial charge in [0.2, 0.25) is 0 Å². The Hall–Kier alpha value is -0.730. The van der Waals surface area contributed by atoms with Gasteiger partial charge < -0.3 is 29.0 Å². The van der Waals surface area contributed by atoms with Crippen LogP contribution < -0.4 is 5.32 Å². The molecule has 0 aliphatic carbocycles. The van der Waals surface area contributed by atoms with Gasteiger partial charge >= 0.3 is 5.97 Å². The Morgan fingerprint density at radius 2 is 1.47 bits per heavy atom. The molecule has 0 aromatic heterocycles. The minimum Gasteiger partial charge on any atom is -0.468 e. The molecule has 0 aromatic carbocycles. The predicted octanol–water partition coefficient (Wildman–Crippen LogP) is -0.556. The minimum absolute atomic E-state index is 0.261. The van der Waals surface area contributed by atoms with E-state index in [9.17, 15) is 4.79 Å². The molecule has 7 nitrogen and oxygen atoms in total. The summed E-state index contributed by atoms with van der Waals surface area (Å²) in [5.41, 5.74) is 0. The summed E-state index contributed by atoms with van der Waals surface area (Å²) in [4.78, 5) is 11.2. The Kier molecular flexibility index (Phi) is 13.2. The second kappa shape index (κ2) is 13.7. The van der Waals surface area contributed by atoms with E-state index in [4.69, 9.17) is 18.9 Å². The van der Waals surface area contributed by atoms with Gasteiger partial charge in [-0.15, -0.1) is 0 Å². The van der Waals surface area contributed by atoms with E-state index in [1.165, 1.54) is 7.11 Å². The Morgan fingerprint density at radius 3 is 1.95 bits per heavy atom. The molecule has 0 aliphatic heterocycles. The number of hydrogen-bond donors (Lipinski definition) is 1. The van der Waals surface area contributed by atoms with Crippen molar-refractivity contribution < 1.29 is 28.5 Å². The zero-order chi connectivity index (χ0) is 14.3. The first-order valence-corrected chi connectivity index (χ1v) is 6.23. The quantitative estimate of drug-likeness (QED) is 0.358. The summed E-state index contributed by atoms with van der Waals surface area (Å²) in [7, 11) is 4.65. The Balaban J connectivity index is 3.28. The first-order chi connectivity index (χ1) is 9.26. The van der Waals surface area contributed by atoms with E-state index in [0.29, 0.717) is 39.6 Å². The monoisotopic (exact) mass is 279 g/mol. The fourth-order valence-corrected chi connectivity index (χ4v) is 1.19.